The van der Waals surface area contributed by atoms with Gasteiger partial charge in [0, 0.05) is 60.5 Å². The van der Waals surface area contributed by atoms with E-state index in [0.717, 1.165) is 42.6 Å². The van der Waals surface area contributed by atoms with E-state index in [9.17, 15) is 4.79 Å². The van der Waals surface area contributed by atoms with Gasteiger partial charge in [0.05, 0.1) is 0 Å². The van der Waals surface area contributed by atoms with Gasteiger partial charge in [0.2, 0.25) is 5.91 Å². The number of rotatable bonds is 7. The molecule has 2 heterocycles. The zero-order chi connectivity index (χ0) is 25.6. The minimum absolute atomic E-state index is 0.0187. The lowest BCUT2D eigenvalue weighted by molar-refractivity contribution is -0.115. The Bertz CT molecular complexity index is 1080. The van der Waals surface area contributed by atoms with Gasteiger partial charge in [0.25, 0.3) is 0 Å². The number of aliphatic imine (C=N–C) groups is 1. The van der Waals surface area contributed by atoms with Gasteiger partial charge in [-0.3, -0.25) is 9.69 Å². The van der Waals surface area contributed by atoms with Crippen molar-refractivity contribution in [1.29, 1.82) is 0 Å². The number of amides is 1. The molecular formula is C25H36N8OS. The Balaban J connectivity index is 1.86. The van der Waals surface area contributed by atoms with Gasteiger partial charge in [-0.15, -0.1) is 0 Å². The van der Waals surface area contributed by atoms with Crippen molar-refractivity contribution in [2.45, 2.75) is 56.6 Å². The zero-order valence-electron chi connectivity index (χ0n) is 21.2. The molecule has 0 unspecified atom stereocenters. The maximum Gasteiger partial charge on any atom is 0.224 e. The summed E-state index contributed by atoms with van der Waals surface area (Å²) in [5, 5.41) is 3.43. The molecule has 0 aliphatic carbocycles. The molecule has 1 saturated heterocycles. The van der Waals surface area contributed by atoms with Crippen molar-refractivity contribution in [2.75, 3.05) is 36.4 Å². The van der Waals surface area contributed by atoms with Crippen molar-refractivity contribution in [2.24, 2.45) is 16.5 Å². The second kappa shape index (κ2) is 11.5. The fraction of sp³-hybridized carbons (Fsp3) is 0.440. The molecule has 0 atom stereocenters. The van der Waals surface area contributed by atoms with Crippen LogP contribution in [0.2, 0.25) is 0 Å². The Morgan fingerprint density at radius 1 is 1.14 bits per heavy atom. The Morgan fingerprint density at radius 2 is 1.80 bits per heavy atom. The van der Waals surface area contributed by atoms with Crippen LogP contribution < -0.4 is 21.7 Å². The molecule has 1 aliphatic heterocycles. The lowest BCUT2D eigenvalue weighted by atomic mass is 10.1. The number of hydrogen-bond donors (Lipinski definition) is 3. The quantitative estimate of drug-likeness (QED) is 0.301. The van der Waals surface area contributed by atoms with E-state index in [1.807, 2.05) is 37.3 Å². The van der Waals surface area contributed by atoms with Gasteiger partial charge in [-0.25, -0.2) is 15.0 Å². The van der Waals surface area contributed by atoms with Crippen molar-refractivity contribution >= 4 is 40.8 Å². The number of nitrogens with one attached hydrogen (secondary N) is 1. The second-order valence-corrected chi connectivity index (χ2v) is 10.5. The van der Waals surface area contributed by atoms with Gasteiger partial charge in [-0.2, -0.15) is 0 Å². The fourth-order valence-electron chi connectivity index (χ4n) is 3.63. The number of amidine groups is 1. The Kier molecular flexibility index (Phi) is 8.74. The Hall–Kier alpha value is -3.11. The third kappa shape index (κ3) is 7.97. The predicted molar refractivity (Wildman–Crippen MR) is 144 cm³/mol. The predicted octanol–water partition coefficient (Wildman–Crippen LogP) is 3.75. The van der Waals surface area contributed by atoms with E-state index >= 15 is 0 Å². The van der Waals surface area contributed by atoms with Crippen LogP contribution in [0.25, 0.3) is 0 Å². The van der Waals surface area contributed by atoms with Crippen LogP contribution in [0.15, 0.2) is 57.1 Å². The molecule has 1 aromatic heterocycles. The second-order valence-electron chi connectivity index (χ2n) is 9.47. The van der Waals surface area contributed by atoms with E-state index < -0.39 is 0 Å². The molecule has 3 rings (SSSR count). The maximum atomic E-state index is 11.6. The zero-order valence-corrected chi connectivity index (χ0v) is 22.0. The molecule has 10 heteroatoms. The molecule has 0 saturated carbocycles. The first kappa shape index (κ1) is 26.5. The van der Waals surface area contributed by atoms with Crippen molar-refractivity contribution in [3.63, 3.8) is 0 Å². The van der Waals surface area contributed by atoms with E-state index in [1.54, 1.807) is 13.0 Å². The van der Waals surface area contributed by atoms with Crippen LogP contribution in [0.5, 0.6) is 0 Å². The summed E-state index contributed by atoms with van der Waals surface area (Å²) in [6, 6.07) is 9.49. The summed E-state index contributed by atoms with van der Waals surface area (Å²) in [6.45, 7) is 13.9. The summed E-state index contributed by atoms with van der Waals surface area (Å²) in [4.78, 5) is 31.2. The highest BCUT2D eigenvalue weighted by Gasteiger charge is 2.26. The number of piperazine rings is 1. The molecule has 2 aromatic rings. The van der Waals surface area contributed by atoms with E-state index in [0.29, 0.717) is 28.9 Å². The van der Waals surface area contributed by atoms with E-state index in [2.05, 4.69) is 45.9 Å². The first-order chi connectivity index (χ1) is 16.5. The number of aromatic nitrogens is 2. The topological polar surface area (TPSA) is 126 Å². The highest BCUT2D eigenvalue weighted by Crippen LogP contribution is 2.30. The molecule has 9 nitrogen and oxygen atoms in total. The van der Waals surface area contributed by atoms with E-state index in [1.165, 1.54) is 11.8 Å². The molecular weight excluding hydrogens is 460 g/mol. The van der Waals surface area contributed by atoms with Crippen molar-refractivity contribution in [3.05, 3.63) is 42.1 Å². The van der Waals surface area contributed by atoms with Gasteiger partial charge < -0.3 is 21.7 Å². The van der Waals surface area contributed by atoms with E-state index in [-0.39, 0.29) is 11.4 Å². The van der Waals surface area contributed by atoms with Gasteiger partial charge in [0.15, 0.2) is 11.0 Å². The summed E-state index contributed by atoms with van der Waals surface area (Å²) in [6.07, 6.45) is 2.05. The van der Waals surface area contributed by atoms with Crippen molar-refractivity contribution < 1.29 is 4.79 Å². The van der Waals surface area contributed by atoms with Crippen molar-refractivity contribution in [1.82, 2.24) is 14.9 Å². The molecule has 1 amide bonds. The maximum absolute atomic E-state index is 11.6. The molecule has 0 bridgehead atoms. The summed E-state index contributed by atoms with van der Waals surface area (Å²) in [5.41, 5.74) is 13.3. The number of nitrogens with zero attached hydrogens (tertiary/aromatic N) is 5. The van der Waals surface area contributed by atoms with Crippen LogP contribution in [-0.4, -0.2) is 58.3 Å². The van der Waals surface area contributed by atoms with Gasteiger partial charge in [0.1, 0.15) is 11.7 Å². The van der Waals surface area contributed by atoms with Crippen LogP contribution in [0, 0.1) is 0 Å². The summed E-state index contributed by atoms with van der Waals surface area (Å²) >= 11 is 1.44. The number of anilines is 2. The van der Waals surface area contributed by atoms with Gasteiger partial charge in [-0.05, 0) is 69.8 Å². The largest absolute Gasteiger partial charge is 0.402 e. The smallest absolute Gasteiger partial charge is 0.224 e. The normalized spacial score (nSPS) is 15.9. The third-order valence-corrected chi connectivity index (χ3v) is 6.39. The number of carbonyl (C=O) groups excluding carboxylic acids is 1. The summed E-state index contributed by atoms with van der Waals surface area (Å²) < 4.78 is 0. The first-order valence-corrected chi connectivity index (χ1v) is 12.6. The number of benzene rings is 1. The third-order valence-electron chi connectivity index (χ3n) is 5.52. The number of nitrogens with two attached hydrogens (primary N) is 2. The molecule has 5 N–H and O–H groups in total. The number of allylic oxidation sites excluding steroid dienone is 1. The van der Waals surface area contributed by atoms with Gasteiger partial charge >= 0.3 is 0 Å². The average Bonchev–Trinajstić information content (AvgIpc) is 2.79. The van der Waals surface area contributed by atoms with E-state index in [4.69, 9.17) is 16.5 Å². The summed E-state index contributed by atoms with van der Waals surface area (Å²) in [5.74, 6) is 1.58. The SMILES string of the molecule is CCC(=O)Nc1ccc(Sc2nc(N=C(N)C=C(C)N)cc(N3CCN(C(C)(C)C)CC3)n2)cc1. The van der Waals surface area contributed by atoms with Crippen LogP contribution in [0.4, 0.5) is 17.3 Å². The minimum atomic E-state index is -0.0187. The Morgan fingerprint density at radius 3 is 2.37 bits per heavy atom. The van der Waals surface area contributed by atoms with Crippen molar-refractivity contribution in [3.8, 4) is 0 Å². The molecule has 1 aliphatic rings. The lowest BCUT2D eigenvalue weighted by Crippen LogP contribution is -2.53. The first-order valence-electron chi connectivity index (χ1n) is 11.8. The van der Waals surface area contributed by atoms with Crippen LogP contribution in [0.1, 0.15) is 41.0 Å². The lowest BCUT2D eigenvalue weighted by Gasteiger charge is -2.42. The summed E-state index contributed by atoms with van der Waals surface area (Å²) in [7, 11) is 0. The molecule has 0 radical (unpaired) electrons. The highest BCUT2D eigenvalue weighted by molar-refractivity contribution is 7.99. The standard InChI is InChI=1S/C25H36N8OS/c1-6-23(34)28-18-7-9-19(10-8-18)35-24-30-21(29-20(27)15-17(2)26)16-22(31-24)32-11-13-33(14-12-32)25(3,4)5/h7-10,15-16H,6,11-14,26H2,1-5H3,(H,28,34)(H2,27,29,30,31). The molecule has 0 spiro atoms. The Labute approximate surface area is 212 Å². The van der Waals surface area contributed by atoms with Crippen LogP contribution >= 0.6 is 11.8 Å². The van der Waals surface area contributed by atoms with Crippen LogP contribution in [-0.2, 0) is 4.79 Å². The number of carbonyl (C=O) groups is 1. The fourth-order valence-corrected chi connectivity index (χ4v) is 4.39. The minimum Gasteiger partial charge on any atom is -0.402 e. The molecule has 35 heavy (non-hydrogen) atoms. The number of hydrogen-bond acceptors (Lipinski definition) is 8. The molecule has 1 fully saturated rings. The van der Waals surface area contributed by atoms with Gasteiger partial charge in [-0.1, -0.05) is 6.92 Å². The highest BCUT2D eigenvalue weighted by atomic mass is 32.2. The molecule has 1 aromatic carbocycles. The van der Waals surface area contributed by atoms with Crippen LogP contribution in [0.3, 0.4) is 0 Å². The average molecular weight is 497 g/mol. The monoisotopic (exact) mass is 496 g/mol. The molecule has 188 valence electrons.